The number of carbonyl (C=O) groups is 1. The number of hydrogen-bond acceptors (Lipinski definition) is 2. The van der Waals surface area contributed by atoms with E-state index in [2.05, 4.69) is 4.90 Å². The van der Waals surface area contributed by atoms with Crippen molar-refractivity contribution in [2.75, 3.05) is 13.1 Å². The van der Waals surface area contributed by atoms with Gasteiger partial charge in [0.1, 0.15) is 0 Å². The monoisotopic (exact) mass is 300 g/mol. The summed E-state index contributed by atoms with van der Waals surface area (Å²) in [5.74, 6) is 0.150. The van der Waals surface area contributed by atoms with Crippen molar-refractivity contribution in [2.24, 2.45) is 11.7 Å². The maximum absolute atomic E-state index is 11.0. The predicted octanol–water partition coefficient (Wildman–Crippen LogP) is 3.08. The van der Waals surface area contributed by atoms with Gasteiger partial charge in [-0.15, -0.1) is 0 Å². The largest absolute Gasteiger partial charge is 0.370 e. The molecule has 0 unspecified atom stereocenters. The standard InChI is InChI=1S/C14H18Cl2N2O/c15-12-5-1-4-11(14(12)16)9-18-6-2-3-10(8-18)7-13(17)19/h1,4-5,10H,2-3,6-9H2,(H2,17,19)/t10-/m1/s1. The second kappa shape index (κ2) is 6.60. The number of nitrogens with two attached hydrogens (primary N) is 1. The Morgan fingerprint density at radius 1 is 1.42 bits per heavy atom. The van der Waals surface area contributed by atoms with Crippen molar-refractivity contribution in [3.8, 4) is 0 Å². The maximum atomic E-state index is 11.0. The Morgan fingerprint density at radius 2 is 2.21 bits per heavy atom. The van der Waals surface area contributed by atoms with E-state index in [1.807, 2.05) is 12.1 Å². The summed E-state index contributed by atoms with van der Waals surface area (Å²) in [5, 5.41) is 1.21. The minimum atomic E-state index is -0.215. The Bertz CT molecular complexity index is 465. The summed E-state index contributed by atoms with van der Waals surface area (Å²) in [6, 6.07) is 5.69. The normalized spacial score (nSPS) is 20.4. The quantitative estimate of drug-likeness (QED) is 0.929. The number of nitrogens with zero attached hydrogens (tertiary/aromatic N) is 1. The summed E-state index contributed by atoms with van der Waals surface area (Å²) in [6.45, 7) is 2.69. The third-order valence-electron chi connectivity index (χ3n) is 3.52. The van der Waals surface area contributed by atoms with Crippen LogP contribution in [0.5, 0.6) is 0 Å². The van der Waals surface area contributed by atoms with Gasteiger partial charge < -0.3 is 5.73 Å². The molecule has 0 saturated carbocycles. The summed E-state index contributed by atoms with van der Waals surface area (Å²) in [7, 11) is 0. The Kier molecular flexibility index (Phi) is 5.08. The third kappa shape index (κ3) is 4.10. The van der Waals surface area contributed by atoms with Crippen LogP contribution in [0.25, 0.3) is 0 Å². The molecule has 1 aromatic carbocycles. The topological polar surface area (TPSA) is 46.3 Å². The van der Waals surface area contributed by atoms with E-state index in [9.17, 15) is 4.79 Å². The summed E-state index contributed by atoms with van der Waals surface area (Å²) in [6.07, 6.45) is 2.64. The Morgan fingerprint density at radius 3 is 2.95 bits per heavy atom. The van der Waals surface area contributed by atoms with Gasteiger partial charge in [0, 0.05) is 19.5 Å². The van der Waals surface area contributed by atoms with Gasteiger partial charge in [-0.05, 0) is 36.9 Å². The molecule has 1 fully saturated rings. The molecular weight excluding hydrogens is 283 g/mol. The minimum Gasteiger partial charge on any atom is -0.370 e. The lowest BCUT2D eigenvalue weighted by Gasteiger charge is -2.32. The van der Waals surface area contributed by atoms with Crippen molar-refractivity contribution in [2.45, 2.75) is 25.8 Å². The number of rotatable bonds is 4. The fourth-order valence-corrected chi connectivity index (χ4v) is 3.04. The van der Waals surface area contributed by atoms with Crippen LogP contribution < -0.4 is 5.73 Å². The van der Waals surface area contributed by atoms with Crippen LogP contribution in [-0.4, -0.2) is 23.9 Å². The first-order valence-corrected chi connectivity index (χ1v) is 7.25. The highest BCUT2D eigenvalue weighted by atomic mass is 35.5. The highest BCUT2D eigenvalue weighted by Gasteiger charge is 2.22. The van der Waals surface area contributed by atoms with Gasteiger partial charge in [-0.1, -0.05) is 35.3 Å². The van der Waals surface area contributed by atoms with Gasteiger partial charge in [-0.3, -0.25) is 9.69 Å². The highest BCUT2D eigenvalue weighted by Crippen LogP contribution is 2.28. The van der Waals surface area contributed by atoms with Crippen molar-refractivity contribution >= 4 is 29.1 Å². The molecule has 104 valence electrons. The number of hydrogen-bond donors (Lipinski definition) is 1. The van der Waals surface area contributed by atoms with Gasteiger partial charge in [-0.25, -0.2) is 0 Å². The molecule has 0 aliphatic carbocycles. The lowest BCUT2D eigenvalue weighted by Crippen LogP contribution is -2.36. The van der Waals surface area contributed by atoms with Crippen LogP contribution >= 0.6 is 23.2 Å². The van der Waals surface area contributed by atoms with Gasteiger partial charge in [0.15, 0.2) is 0 Å². The molecule has 19 heavy (non-hydrogen) atoms. The number of likely N-dealkylation sites (tertiary alicyclic amines) is 1. The molecular formula is C14H18Cl2N2O. The van der Waals surface area contributed by atoms with Crippen LogP contribution in [0.3, 0.4) is 0 Å². The molecule has 1 saturated heterocycles. The maximum Gasteiger partial charge on any atom is 0.217 e. The van der Waals surface area contributed by atoms with E-state index in [0.717, 1.165) is 38.0 Å². The third-order valence-corrected chi connectivity index (χ3v) is 4.38. The molecule has 0 bridgehead atoms. The van der Waals surface area contributed by atoms with Crippen molar-refractivity contribution in [3.05, 3.63) is 33.8 Å². The fourth-order valence-electron chi connectivity index (χ4n) is 2.66. The summed E-state index contributed by atoms with van der Waals surface area (Å²) >= 11 is 12.2. The van der Waals surface area contributed by atoms with Gasteiger partial charge in [0.25, 0.3) is 0 Å². The summed E-state index contributed by atoms with van der Waals surface area (Å²) in [5.41, 5.74) is 6.31. The van der Waals surface area contributed by atoms with Crippen molar-refractivity contribution in [1.82, 2.24) is 4.90 Å². The average Bonchev–Trinajstić information content (AvgIpc) is 2.35. The van der Waals surface area contributed by atoms with E-state index in [4.69, 9.17) is 28.9 Å². The average molecular weight is 301 g/mol. The highest BCUT2D eigenvalue weighted by molar-refractivity contribution is 6.42. The molecule has 1 amide bonds. The zero-order valence-corrected chi connectivity index (χ0v) is 12.3. The van der Waals surface area contributed by atoms with Crippen molar-refractivity contribution in [3.63, 3.8) is 0 Å². The Balaban J connectivity index is 1.98. The van der Waals surface area contributed by atoms with Gasteiger partial charge in [0.2, 0.25) is 5.91 Å². The zero-order valence-electron chi connectivity index (χ0n) is 10.7. The lowest BCUT2D eigenvalue weighted by atomic mass is 9.94. The van der Waals surface area contributed by atoms with Gasteiger partial charge in [-0.2, -0.15) is 0 Å². The summed E-state index contributed by atoms with van der Waals surface area (Å²) < 4.78 is 0. The van der Waals surface area contributed by atoms with E-state index >= 15 is 0 Å². The van der Waals surface area contributed by atoms with Crippen LogP contribution in [0.2, 0.25) is 10.0 Å². The number of carbonyl (C=O) groups excluding carboxylic acids is 1. The summed E-state index contributed by atoms with van der Waals surface area (Å²) in [4.78, 5) is 13.3. The number of halogens is 2. The predicted molar refractivity (Wildman–Crippen MR) is 78.3 cm³/mol. The van der Waals surface area contributed by atoms with E-state index < -0.39 is 0 Å². The second-order valence-corrected chi connectivity index (χ2v) is 5.91. The van der Waals surface area contributed by atoms with Crippen molar-refractivity contribution in [1.29, 1.82) is 0 Å². The smallest absolute Gasteiger partial charge is 0.217 e. The molecule has 0 spiro atoms. The molecule has 0 aromatic heterocycles. The minimum absolute atomic E-state index is 0.215. The first-order chi connectivity index (χ1) is 9.06. The molecule has 0 radical (unpaired) electrons. The zero-order chi connectivity index (χ0) is 13.8. The van der Waals surface area contributed by atoms with Gasteiger partial charge in [0.05, 0.1) is 10.0 Å². The molecule has 2 rings (SSSR count). The number of benzene rings is 1. The van der Waals surface area contributed by atoms with E-state index in [0.29, 0.717) is 22.4 Å². The molecule has 1 aliphatic rings. The molecule has 1 heterocycles. The molecule has 1 atom stereocenters. The van der Waals surface area contributed by atoms with Crippen LogP contribution in [0, 0.1) is 5.92 Å². The van der Waals surface area contributed by atoms with E-state index in [-0.39, 0.29) is 5.91 Å². The Labute approximate surface area is 123 Å². The molecule has 2 N–H and O–H groups in total. The van der Waals surface area contributed by atoms with E-state index in [1.165, 1.54) is 0 Å². The van der Waals surface area contributed by atoms with Crippen LogP contribution in [0.4, 0.5) is 0 Å². The molecule has 1 aliphatic heterocycles. The Hall–Kier alpha value is -0.770. The fraction of sp³-hybridized carbons (Fsp3) is 0.500. The number of piperidine rings is 1. The SMILES string of the molecule is NC(=O)C[C@H]1CCCN(Cc2cccc(Cl)c2Cl)C1. The van der Waals surface area contributed by atoms with Crippen LogP contribution in [-0.2, 0) is 11.3 Å². The van der Waals surface area contributed by atoms with Crippen LogP contribution in [0.1, 0.15) is 24.8 Å². The van der Waals surface area contributed by atoms with Crippen LogP contribution in [0.15, 0.2) is 18.2 Å². The number of amides is 1. The number of primary amides is 1. The lowest BCUT2D eigenvalue weighted by molar-refractivity contribution is -0.119. The molecule has 1 aromatic rings. The first-order valence-electron chi connectivity index (χ1n) is 6.50. The van der Waals surface area contributed by atoms with Crippen molar-refractivity contribution < 1.29 is 4.79 Å². The molecule has 3 nitrogen and oxygen atoms in total. The first kappa shape index (κ1) is 14.6. The van der Waals surface area contributed by atoms with E-state index in [1.54, 1.807) is 6.07 Å². The molecule has 5 heteroatoms. The van der Waals surface area contributed by atoms with Gasteiger partial charge >= 0.3 is 0 Å². The second-order valence-electron chi connectivity index (χ2n) is 5.13.